The van der Waals surface area contributed by atoms with Gasteiger partial charge in [-0.3, -0.25) is 4.98 Å². The van der Waals surface area contributed by atoms with Crippen LogP contribution in [0.5, 0.6) is 5.88 Å². The zero-order valence-electron chi connectivity index (χ0n) is 11.8. The lowest BCUT2D eigenvalue weighted by Crippen LogP contribution is -2.11. The standard InChI is InChI=1S/C14H19N5O/c1-3-11-18-13(12(15)14(19-11)20-4-2)17-9-10-7-5-6-8-16-10/h5-8H,3-4,9,15H2,1-2H3,(H,17,18,19). The smallest absolute Gasteiger partial charge is 0.242 e. The summed E-state index contributed by atoms with van der Waals surface area (Å²) in [5, 5.41) is 3.18. The maximum atomic E-state index is 6.02. The number of nitrogen functional groups attached to an aromatic ring is 1. The number of hydrogen-bond donors (Lipinski definition) is 2. The van der Waals surface area contributed by atoms with Gasteiger partial charge in [-0.25, -0.2) is 4.98 Å². The van der Waals surface area contributed by atoms with Crippen molar-refractivity contribution in [1.29, 1.82) is 0 Å². The minimum atomic E-state index is 0.431. The summed E-state index contributed by atoms with van der Waals surface area (Å²) in [6, 6.07) is 5.76. The second kappa shape index (κ2) is 6.70. The van der Waals surface area contributed by atoms with Gasteiger partial charge in [0, 0.05) is 12.6 Å². The highest BCUT2D eigenvalue weighted by molar-refractivity contribution is 5.66. The van der Waals surface area contributed by atoms with E-state index in [-0.39, 0.29) is 0 Å². The molecule has 2 aromatic heterocycles. The minimum absolute atomic E-state index is 0.431. The lowest BCUT2D eigenvalue weighted by atomic mass is 10.3. The Bertz CT molecular complexity index is 559. The third-order valence-corrected chi connectivity index (χ3v) is 2.72. The summed E-state index contributed by atoms with van der Waals surface area (Å²) in [6.45, 7) is 4.96. The van der Waals surface area contributed by atoms with Gasteiger partial charge >= 0.3 is 0 Å². The van der Waals surface area contributed by atoms with Crippen molar-refractivity contribution < 1.29 is 4.74 Å². The van der Waals surface area contributed by atoms with E-state index in [9.17, 15) is 0 Å². The van der Waals surface area contributed by atoms with Gasteiger partial charge in [0.05, 0.1) is 18.8 Å². The third-order valence-electron chi connectivity index (χ3n) is 2.72. The number of aryl methyl sites for hydroxylation is 1. The largest absolute Gasteiger partial charge is 0.476 e. The van der Waals surface area contributed by atoms with Crippen LogP contribution in [0.25, 0.3) is 0 Å². The van der Waals surface area contributed by atoms with Crippen molar-refractivity contribution in [3.8, 4) is 5.88 Å². The molecule has 106 valence electrons. The summed E-state index contributed by atoms with van der Waals surface area (Å²) in [6.07, 6.45) is 2.47. The Hall–Kier alpha value is -2.37. The molecule has 6 heteroatoms. The zero-order valence-corrected chi connectivity index (χ0v) is 11.8. The third kappa shape index (κ3) is 3.34. The highest BCUT2D eigenvalue weighted by Crippen LogP contribution is 2.26. The molecule has 0 bridgehead atoms. The predicted molar refractivity (Wildman–Crippen MR) is 78.6 cm³/mol. The number of aromatic nitrogens is 3. The summed E-state index contributed by atoms with van der Waals surface area (Å²) in [4.78, 5) is 12.9. The molecule has 0 aliphatic heterocycles. The summed E-state index contributed by atoms with van der Waals surface area (Å²) in [5.41, 5.74) is 7.37. The topological polar surface area (TPSA) is 86.0 Å². The molecule has 2 aromatic rings. The molecule has 0 saturated heterocycles. The van der Waals surface area contributed by atoms with Crippen LogP contribution in [0.4, 0.5) is 11.5 Å². The first-order valence-corrected chi connectivity index (χ1v) is 6.67. The number of ether oxygens (including phenoxy) is 1. The fraction of sp³-hybridized carbons (Fsp3) is 0.357. The van der Waals surface area contributed by atoms with Gasteiger partial charge in [0.1, 0.15) is 11.5 Å². The van der Waals surface area contributed by atoms with E-state index in [2.05, 4.69) is 20.3 Å². The molecule has 0 saturated carbocycles. The highest BCUT2D eigenvalue weighted by atomic mass is 16.5. The number of pyridine rings is 1. The van der Waals surface area contributed by atoms with Gasteiger partial charge in [-0.15, -0.1) is 0 Å². The van der Waals surface area contributed by atoms with Gasteiger partial charge in [0.15, 0.2) is 5.82 Å². The Morgan fingerprint density at radius 3 is 2.75 bits per heavy atom. The van der Waals surface area contributed by atoms with Crippen molar-refractivity contribution in [1.82, 2.24) is 15.0 Å². The number of nitrogens with one attached hydrogen (secondary N) is 1. The molecule has 0 spiro atoms. The lowest BCUT2D eigenvalue weighted by molar-refractivity contribution is 0.327. The molecule has 3 N–H and O–H groups in total. The molecule has 0 amide bonds. The van der Waals surface area contributed by atoms with Crippen molar-refractivity contribution in [3.63, 3.8) is 0 Å². The lowest BCUT2D eigenvalue weighted by Gasteiger charge is -2.13. The maximum Gasteiger partial charge on any atom is 0.242 e. The van der Waals surface area contributed by atoms with Crippen LogP contribution in [-0.4, -0.2) is 21.6 Å². The number of nitrogens with zero attached hydrogens (tertiary/aromatic N) is 3. The van der Waals surface area contributed by atoms with E-state index in [1.807, 2.05) is 32.0 Å². The van der Waals surface area contributed by atoms with Crippen LogP contribution in [0.1, 0.15) is 25.4 Å². The van der Waals surface area contributed by atoms with Crippen molar-refractivity contribution in [3.05, 3.63) is 35.9 Å². The molecule has 0 radical (unpaired) electrons. The van der Waals surface area contributed by atoms with Crippen LogP contribution in [0.15, 0.2) is 24.4 Å². The Morgan fingerprint density at radius 2 is 2.10 bits per heavy atom. The number of nitrogens with two attached hydrogens (primary N) is 1. The van der Waals surface area contributed by atoms with E-state index in [0.717, 1.165) is 12.1 Å². The average molecular weight is 273 g/mol. The summed E-state index contributed by atoms with van der Waals surface area (Å²) in [5.74, 6) is 1.72. The van der Waals surface area contributed by atoms with Crippen molar-refractivity contribution in [2.45, 2.75) is 26.8 Å². The van der Waals surface area contributed by atoms with Gasteiger partial charge in [0.25, 0.3) is 0 Å². The first-order valence-electron chi connectivity index (χ1n) is 6.67. The Balaban J connectivity index is 2.19. The first kappa shape index (κ1) is 14.0. The van der Waals surface area contributed by atoms with Gasteiger partial charge in [-0.2, -0.15) is 4.98 Å². The maximum absolute atomic E-state index is 6.02. The number of rotatable bonds is 6. The minimum Gasteiger partial charge on any atom is -0.476 e. The molecule has 2 rings (SSSR count). The average Bonchev–Trinajstić information content (AvgIpc) is 2.49. The van der Waals surface area contributed by atoms with Crippen LogP contribution in [0, 0.1) is 0 Å². The summed E-state index contributed by atoms with van der Waals surface area (Å²) < 4.78 is 5.44. The molecule has 0 aliphatic rings. The van der Waals surface area contributed by atoms with E-state index >= 15 is 0 Å². The van der Waals surface area contributed by atoms with Gasteiger partial charge in [-0.05, 0) is 19.1 Å². The Kier molecular flexibility index (Phi) is 4.70. The first-order chi connectivity index (χ1) is 9.74. The van der Waals surface area contributed by atoms with Gasteiger partial charge in [0.2, 0.25) is 5.88 Å². The molecule has 0 fully saturated rings. The van der Waals surface area contributed by atoms with Crippen LogP contribution in [0.2, 0.25) is 0 Å². The van der Waals surface area contributed by atoms with Crippen molar-refractivity contribution in [2.24, 2.45) is 0 Å². The Morgan fingerprint density at radius 1 is 1.25 bits per heavy atom. The summed E-state index contributed by atoms with van der Waals surface area (Å²) >= 11 is 0. The molecule has 6 nitrogen and oxygen atoms in total. The summed E-state index contributed by atoms with van der Waals surface area (Å²) in [7, 11) is 0. The molecule has 20 heavy (non-hydrogen) atoms. The quantitative estimate of drug-likeness (QED) is 0.837. The predicted octanol–water partition coefficient (Wildman–Crippen LogP) is 2.03. The van der Waals surface area contributed by atoms with E-state index in [1.54, 1.807) is 6.20 Å². The SMILES string of the molecule is CCOc1nc(CC)nc(NCc2ccccn2)c1N. The van der Waals surface area contributed by atoms with Crippen molar-refractivity contribution in [2.75, 3.05) is 17.7 Å². The Labute approximate surface area is 118 Å². The van der Waals surface area contributed by atoms with Crippen LogP contribution >= 0.6 is 0 Å². The second-order valence-corrected chi connectivity index (χ2v) is 4.17. The fourth-order valence-electron chi connectivity index (χ4n) is 1.71. The molecular formula is C14H19N5O. The monoisotopic (exact) mass is 273 g/mol. The van der Waals surface area contributed by atoms with E-state index < -0.39 is 0 Å². The van der Waals surface area contributed by atoms with Gasteiger partial charge in [-0.1, -0.05) is 13.0 Å². The van der Waals surface area contributed by atoms with Crippen LogP contribution < -0.4 is 15.8 Å². The highest BCUT2D eigenvalue weighted by Gasteiger charge is 2.12. The van der Waals surface area contributed by atoms with Crippen LogP contribution in [0.3, 0.4) is 0 Å². The van der Waals surface area contributed by atoms with Crippen molar-refractivity contribution >= 4 is 11.5 Å². The van der Waals surface area contributed by atoms with E-state index in [4.69, 9.17) is 10.5 Å². The molecular weight excluding hydrogens is 254 g/mol. The fourth-order valence-corrected chi connectivity index (χ4v) is 1.71. The van der Waals surface area contributed by atoms with E-state index in [1.165, 1.54) is 0 Å². The molecule has 0 aliphatic carbocycles. The molecule has 2 heterocycles. The molecule has 0 aromatic carbocycles. The second-order valence-electron chi connectivity index (χ2n) is 4.17. The molecule has 0 unspecified atom stereocenters. The normalized spacial score (nSPS) is 10.3. The van der Waals surface area contributed by atoms with E-state index in [0.29, 0.717) is 36.4 Å². The number of hydrogen-bond acceptors (Lipinski definition) is 6. The zero-order chi connectivity index (χ0) is 14.4. The van der Waals surface area contributed by atoms with Gasteiger partial charge < -0.3 is 15.8 Å². The molecule has 0 atom stereocenters. The number of anilines is 2. The van der Waals surface area contributed by atoms with Crippen LogP contribution in [-0.2, 0) is 13.0 Å².